The minimum absolute atomic E-state index is 0. The predicted molar refractivity (Wildman–Crippen MR) is 131 cm³/mol. The van der Waals surface area contributed by atoms with E-state index in [0.717, 1.165) is 51.6 Å². The number of hydrogen-bond acceptors (Lipinski definition) is 4. The van der Waals surface area contributed by atoms with E-state index in [1.807, 2.05) is 7.05 Å². The summed E-state index contributed by atoms with van der Waals surface area (Å²) in [6.45, 7) is 7.82. The van der Waals surface area contributed by atoms with Gasteiger partial charge in [-0.2, -0.15) is 0 Å². The Balaban J connectivity index is 0.00000300. The number of rotatable bonds is 8. The van der Waals surface area contributed by atoms with E-state index >= 15 is 0 Å². The Bertz CT molecular complexity index is 617. The highest BCUT2D eigenvalue weighted by Gasteiger charge is 2.15. The van der Waals surface area contributed by atoms with Crippen LogP contribution in [0.15, 0.2) is 29.3 Å². The molecule has 6 nitrogen and oxygen atoms in total. The summed E-state index contributed by atoms with van der Waals surface area (Å²) in [5.41, 5.74) is 2.62. The van der Waals surface area contributed by atoms with E-state index in [9.17, 15) is 0 Å². The van der Waals surface area contributed by atoms with Crippen molar-refractivity contribution in [2.75, 3.05) is 51.4 Å². The van der Waals surface area contributed by atoms with Gasteiger partial charge in [0.2, 0.25) is 0 Å². The molecule has 1 atom stereocenters. The van der Waals surface area contributed by atoms with Crippen molar-refractivity contribution in [2.45, 2.75) is 51.2 Å². The first-order valence-corrected chi connectivity index (χ1v) is 10.8. The molecule has 0 aliphatic carbocycles. The first-order chi connectivity index (χ1) is 13.8. The van der Waals surface area contributed by atoms with E-state index in [1.54, 1.807) is 0 Å². The number of guanidine groups is 1. The molecule has 7 heteroatoms. The van der Waals surface area contributed by atoms with Gasteiger partial charge in [0.25, 0.3) is 0 Å². The van der Waals surface area contributed by atoms with E-state index in [2.05, 4.69) is 51.7 Å². The molecule has 0 amide bonds. The van der Waals surface area contributed by atoms with Crippen molar-refractivity contribution in [3.05, 3.63) is 29.8 Å². The third-order valence-electron chi connectivity index (χ3n) is 5.55. The highest BCUT2D eigenvalue weighted by Crippen LogP contribution is 2.23. The van der Waals surface area contributed by atoms with E-state index < -0.39 is 0 Å². The molecule has 1 unspecified atom stereocenters. The summed E-state index contributed by atoms with van der Waals surface area (Å²) >= 11 is 0. The fourth-order valence-corrected chi connectivity index (χ4v) is 3.82. The maximum Gasteiger partial charge on any atom is 0.191 e. The molecule has 164 valence electrons. The van der Waals surface area contributed by atoms with Gasteiger partial charge in [-0.05, 0) is 56.7 Å². The predicted octanol–water partition coefficient (Wildman–Crippen LogP) is 3.72. The molecule has 0 saturated carbocycles. The third kappa shape index (κ3) is 7.94. The van der Waals surface area contributed by atoms with Crippen molar-refractivity contribution in [1.29, 1.82) is 0 Å². The largest absolute Gasteiger partial charge is 0.381 e. The number of nitrogens with one attached hydrogen (secondary N) is 2. The van der Waals surface area contributed by atoms with Gasteiger partial charge in [-0.25, -0.2) is 0 Å². The quantitative estimate of drug-likeness (QED) is 0.239. The zero-order chi connectivity index (χ0) is 19.6. The van der Waals surface area contributed by atoms with Crippen LogP contribution >= 0.6 is 24.0 Å². The molecule has 0 bridgehead atoms. The summed E-state index contributed by atoms with van der Waals surface area (Å²) in [5, 5.41) is 6.91. The summed E-state index contributed by atoms with van der Waals surface area (Å²) < 4.78 is 11.3. The minimum Gasteiger partial charge on any atom is -0.381 e. The Kier molecular flexibility index (Phi) is 11.1. The highest BCUT2D eigenvalue weighted by molar-refractivity contribution is 14.0. The van der Waals surface area contributed by atoms with Crippen molar-refractivity contribution < 1.29 is 9.47 Å². The summed E-state index contributed by atoms with van der Waals surface area (Å²) in [7, 11) is 1.82. The van der Waals surface area contributed by atoms with E-state index in [0.29, 0.717) is 6.10 Å². The highest BCUT2D eigenvalue weighted by atomic mass is 127. The monoisotopic (exact) mass is 516 g/mol. The summed E-state index contributed by atoms with van der Waals surface area (Å²) in [4.78, 5) is 6.84. The van der Waals surface area contributed by atoms with Crippen LogP contribution in [0.1, 0.15) is 50.6 Å². The lowest BCUT2D eigenvalue weighted by molar-refractivity contribution is -0.0320. The molecule has 2 saturated heterocycles. The molecule has 0 spiro atoms. The Morgan fingerprint density at radius 1 is 1.28 bits per heavy atom. The van der Waals surface area contributed by atoms with Gasteiger partial charge in [0.1, 0.15) is 0 Å². The Labute approximate surface area is 192 Å². The van der Waals surface area contributed by atoms with Gasteiger partial charge in [-0.3, -0.25) is 4.99 Å². The smallest absolute Gasteiger partial charge is 0.191 e. The van der Waals surface area contributed by atoms with E-state index in [4.69, 9.17) is 9.47 Å². The maximum absolute atomic E-state index is 5.93. The van der Waals surface area contributed by atoms with Crippen LogP contribution in [-0.4, -0.2) is 58.6 Å². The molecule has 0 aromatic heterocycles. The topological polar surface area (TPSA) is 58.1 Å². The zero-order valence-electron chi connectivity index (χ0n) is 17.9. The van der Waals surface area contributed by atoms with Crippen molar-refractivity contribution >= 4 is 35.6 Å². The number of halogens is 1. The maximum atomic E-state index is 5.93. The number of ether oxygens (including phenoxy) is 2. The Morgan fingerprint density at radius 3 is 2.76 bits per heavy atom. The Hall–Kier alpha value is -1.06. The molecule has 2 aliphatic heterocycles. The molecule has 0 radical (unpaired) electrons. The summed E-state index contributed by atoms with van der Waals surface area (Å²) in [6, 6.07) is 9.06. The van der Waals surface area contributed by atoms with Crippen LogP contribution in [0.5, 0.6) is 0 Å². The van der Waals surface area contributed by atoms with Crippen molar-refractivity contribution in [1.82, 2.24) is 10.6 Å². The second-order valence-electron chi connectivity index (χ2n) is 7.69. The van der Waals surface area contributed by atoms with Gasteiger partial charge in [-0.15, -0.1) is 24.0 Å². The van der Waals surface area contributed by atoms with Crippen molar-refractivity contribution in [2.24, 2.45) is 4.99 Å². The average Bonchev–Trinajstić information content (AvgIpc) is 3.28. The van der Waals surface area contributed by atoms with Crippen molar-refractivity contribution in [3.63, 3.8) is 0 Å². The molecule has 2 fully saturated rings. The first-order valence-electron chi connectivity index (χ1n) is 10.8. The van der Waals surface area contributed by atoms with Crippen LogP contribution in [0.25, 0.3) is 0 Å². The van der Waals surface area contributed by atoms with Gasteiger partial charge in [-0.1, -0.05) is 12.1 Å². The van der Waals surface area contributed by atoms with E-state index in [1.165, 1.54) is 37.2 Å². The molecular formula is C22H37IN4O2. The van der Waals surface area contributed by atoms with Gasteiger partial charge in [0.05, 0.1) is 12.1 Å². The number of anilines is 1. The second-order valence-corrected chi connectivity index (χ2v) is 7.69. The summed E-state index contributed by atoms with van der Waals surface area (Å²) in [6.07, 6.45) is 5.97. The normalized spacial score (nSPS) is 19.0. The standard InChI is InChI=1S/C22H36N4O2.HI/c1-18(19-7-5-8-20(17-19)26-12-3-4-13-26)25-22(23-2)24-11-6-14-28-21-9-15-27-16-10-21;/h5,7-8,17-18,21H,3-4,6,9-16H2,1-2H3,(H2,23,24,25);1H. The average molecular weight is 516 g/mol. The van der Waals surface area contributed by atoms with Gasteiger partial charge in [0, 0.05) is 52.2 Å². The summed E-state index contributed by atoms with van der Waals surface area (Å²) in [5.74, 6) is 0.838. The lowest BCUT2D eigenvalue weighted by Crippen LogP contribution is -2.39. The lowest BCUT2D eigenvalue weighted by Gasteiger charge is -2.23. The molecule has 2 heterocycles. The van der Waals surface area contributed by atoms with Crippen LogP contribution in [0.2, 0.25) is 0 Å². The molecule has 1 aromatic carbocycles. The zero-order valence-corrected chi connectivity index (χ0v) is 20.2. The van der Waals surface area contributed by atoms with Crippen LogP contribution in [0.3, 0.4) is 0 Å². The van der Waals surface area contributed by atoms with Gasteiger partial charge in [0.15, 0.2) is 5.96 Å². The van der Waals surface area contributed by atoms with Crippen LogP contribution in [0.4, 0.5) is 5.69 Å². The number of nitrogens with zero attached hydrogens (tertiary/aromatic N) is 2. The third-order valence-corrected chi connectivity index (χ3v) is 5.55. The van der Waals surface area contributed by atoms with Crippen LogP contribution in [-0.2, 0) is 9.47 Å². The minimum atomic E-state index is 0. The van der Waals surface area contributed by atoms with Crippen LogP contribution < -0.4 is 15.5 Å². The second kappa shape index (κ2) is 13.3. The molecule has 3 rings (SSSR count). The van der Waals surface area contributed by atoms with Gasteiger partial charge >= 0.3 is 0 Å². The molecule has 1 aromatic rings. The number of hydrogen-bond donors (Lipinski definition) is 2. The molecule has 2 aliphatic rings. The lowest BCUT2D eigenvalue weighted by atomic mass is 10.1. The van der Waals surface area contributed by atoms with Gasteiger partial charge < -0.3 is 25.0 Å². The Morgan fingerprint density at radius 2 is 2.03 bits per heavy atom. The number of aliphatic imine (C=N–C) groups is 1. The van der Waals surface area contributed by atoms with E-state index in [-0.39, 0.29) is 30.0 Å². The fourth-order valence-electron chi connectivity index (χ4n) is 3.82. The van der Waals surface area contributed by atoms with Crippen molar-refractivity contribution in [3.8, 4) is 0 Å². The molecular weight excluding hydrogens is 479 g/mol. The fraction of sp³-hybridized carbons (Fsp3) is 0.682. The SMILES string of the molecule is CN=C(NCCCOC1CCOCC1)NC(C)c1cccc(N2CCCC2)c1.I. The molecule has 29 heavy (non-hydrogen) atoms. The van der Waals surface area contributed by atoms with Crippen LogP contribution in [0, 0.1) is 0 Å². The molecule has 2 N–H and O–H groups in total. The number of benzene rings is 1. The first kappa shape index (κ1) is 24.2.